The molecule has 13 heavy (non-hydrogen) atoms. The maximum atomic E-state index is 9.05. The summed E-state index contributed by atoms with van der Waals surface area (Å²) in [5.74, 6) is 3.56. The Morgan fingerprint density at radius 2 is 2.15 bits per heavy atom. The molecule has 0 spiro atoms. The number of aliphatic hydroxyl groups is 1. The summed E-state index contributed by atoms with van der Waals surface area (Å²) in [5, 5.41) is 12.5. The van der Waals surface area contributed by atoms with Gasteiger partial charge in [-0.3, -0.25) is 0 Å². The SMILES string of the molecule is CC(O)CCNCC1CCSCC1. The Balaban J connectivity index is 1.92. The summed E-state index contributed by atoms with van der Waals surface area (Å²) >= 11 is 2.07. The molecule has 1 rings (SSSR count). The molecule has 1 aliphatic heterocycles. The van der Waals surface area contributed by atoms with E-state index in [2.05, 4.69) is 17.1 Å². The largest absolute Gasteiger partial charge is 0.393 e. The Kier molecular flexibility index (Phi) is 5.83. The van der Waals surface area contributed by atoms with Gasteiger partial charge in [-0.2, -0.15) is 11.8 Å². The van der Waals surface area contributed by atoms with Crippen LogP contribution in [0, 0.1) is 5.92 Å². The Bertz CT molecular complexity index is 124. The second-order valence-electron chi connectivity index (χ2n) is 3.90. The number of hydrogen-bond donors (Lipinski definition) is 2. The van der Waals surface area contributed by atoms with Crippen LogP contribution in [0.5, 0.6) is 0 Å². The van der Waals surface area contributed by atoms with Crippen molar-refractivity contribution in [3.8, 4) is 0 Å². The van der Waals surface area contributed by atoms with Crippen LogP contribution in [0.3, 0.4) is 0 Å². The summed E-state index contributed by atoms with van der Waals surface area (Å²) < 4.78 is 0. The normalized spacial score (nSPS) is 21.7. The molecule has 1 atom stereocenters. The molecule has 0 saturated carbocycles. The van der Waals surface area contributed by atoms with E-state index in [0.717, 1.165) is 25.4 Å². The fraction of sp³-hybridized carbons (Fsp3) is 1.00. The predicted octanol–water partition coefficient (Wildman–Crippen LogP) is 1.49. The standard InChI is InChI=1S/C10H21NOS/c1-9(12)2-5-11-8-10-3-6-13-7-4-10/h9-12H,2-8H2,1H3. The van der Waals surface area contributed by atoms with Crippen molar-refractivity contribution in [1.29, 1.82) is 0 Å². The van der Waals surface area contributed by atoms with E-state index in [1.807, 2.05) is 6.92 Å². The van der Waals surface area contributed by atoms with Gasteiger partial charge in [0.15, 0.2) is 0 Å². The average Bonchev–Trinajstić information content (AvgIpc) is 2.14. The van der Waals surface area contributed by atoms with E-state index in [9.17, 15) is 0 Å². The van der Waals surface area contributed by atoms with Crippen molar-refractivity contribution in [3.05, 3.63) is 0 Å². The van der Waals surface area contributed by atoms with Crippen molar-refractivity contribution in [3.63, 3.8) is 0 Å². The Hall–Kier alpha value is 0.270. The van der Waals surface area contributed by atoms with E-state index >= 15 is 0 Å². The molecule has 0 radical (unpaired) electrons. The van der Waals surface area contributed by atoms with Crippen LogP contribution in [-0.4, -0.2) is 35.8 Å². The smallest absolute Gasteiger partial charge is 0.0524 e. The van der Waals surface area contributed by atoms with E-state index in [1.54, 1.807) is 0 Å². The summed E-state index contributed by atoms with van der Waals surface area (Å²) in [7, 11) is 0. The highest BCUT2D eigenvalue weighted by molar-refractivity contribution is 7.99. The maximum absolute atomic E-state index is 9.05. The number of hydrogen-bond acceptors (Lipinski definition) is 3. The fourth-order valence-corrected chi connectivity index (χ4v) is 2.77. The zero-order chi connectivity index (χ0) is 9.52. The van der Waals surface area contributed by atoms with Crippen LogP contribution in [0.2, 0.25) is 0 Å². The van der Waals surface area contributed by atoms with E-state index in [4.69, 9.17) is 5.11 Å². The van der Waals surface area contributed by atoms with Gasteiger partial charge in [0, 0.05) is 0 Å². The van der Waals surface area contributed by atoms with E-state index in [-0.39, 0.29) is 6.10 Å². The molecular formula is C10H21NOS. The summed E-state index contributed by atoms with van der Waals surface area (Å²) in [5.41, 5.74) is 0. The summed E-state index contributed by atoms with van der Waals surface area (Å²) in [6.45, 7) is 3.95. The monoisotopic (exact) mass is 203 g/mol. The molecule has 0 aliphatic carbocycles. The van der Waals surface area contributed by atoms with Gasteiger partial charge >= 0.3 is 0 Å². The molecule has 0 amide bonds. The lowest BCUT2D eigenvalue weighted by molar-refractivity contribution is 0.183. The van der Waals surface area contributed by atoms with Gasteiger partial charge in [-0.1, -0.05) is 0 Å². The van der Waals surface area contributed by atoms with Crippen molar-refractivity contribution in [2.45, 2.75) is 32.3 Å². The molecule has 0 aromatic rings. The van der Waals surface area contributed by atoms with Crippen molar-refractivity contribution in [2.75, 3.05) is 24.6 Å². The van der Waals surface area contributed by atoms with Crippen LogP contribution >= 0.6 is 11.8 Å². The average molecular weight is 203 g/mol. The Morgan fingerprint density at radius 1 is 1.46 bits per heavy atom. The highest BCUT2D eigenvalue weighted by Gasteiger charge is 2.12. The van der Waals surface area contributed by atoms with Crippen molar-refractivity contribution < 1.29 is 5.11 Å². The Morgan fingerprint density at radius 3 is 2.77 bits per heavy atom. The van der Waals surface area contributed by atoms with Gasteiger partial charge in [-0.25, -0.2) is 0 Å². The van der Waals surface area contributed by atoms with Crippen molar-refractivity contribution in [1.82, 2.24) is 5.32 Å². The van der Waals surface area contributed by atoms with E-state index in [0.29, 0.717) is 0 Å². The minimum absolute atomic E-state index is 0.158. The third kappa shape index (κ3) is 5.55. The van der Waals surface area contributed by atoms with Crippen LogP contribution in [0.15, 0.2) is 0 Å². The molecule has 2 N–H and O–H groups in total. The fourth-order valence-electron chi connectivity index (χ4n) is 1.57. The lowest BCUT2D eigenvalue weighted by atomic mass is 10.0. The van der Waals surface area contributed by atoms with Crippen molar-refractivity contribution in [2.24, 2.45) is 5.92 Å². The molecule has 78 valence electrons. The second-order valence-corrected chi connectivity index (χ2v) is 5.12. The molecule has 0 aromatic carbocycles. The van der Waals surface area contributed by atoms with Crippen LogP contribution in [0.25, 0.3) is 0 Å². The number of nitrogens with one attached hydrogen (secondary N) is 1. The van der Waals surface area contributed by atoms with Crippen LogP contribution in [-0.2, 0) is 0 Å². The van der Waals surface area contributed by atoms with Gasteiger partial charge < -0.3 is 10.4 Å². The topological polar surface area (TPSA) is 32.3 Å². The molecule has 1 unspecified atom stereocenters. The lowest BCUT2D eigenvalue weighted by Gasteiger charge is -2.21. The molecule has 1 heterocycles. The first-order valence-electron chi connectivity index (χ1n) is 5.25. The van der Waals surface area contributed by atoms with Crippen LogP contribution < -0.4 is 5.32 Å². The predicted molar refractivity (Wildman–Crippen MR) is 59.2 cm³/mol. The second kappa shape index (κ2) is 6.68. The number of aliphatic hydroxyl groups excluding tert-OH is 1. The van der Waals surface area contributed by atoms with Gasteiger partial charge in [0.1, 0.15) is 0 Å². The molecule has 0 bridgehead atoms. The minimum Gasteiger partial charge on any atom is -0.393 e. The number of rotatable bonds is 5. The van der Waals surface area contributed by atoms with Gasteiger partial charge in [0.05, 0.1) is 6.10 Å². The van der Waals surface area contributed by atoms with Gasteiger partial charge in [0.2, 0.25) is 0 Å². The third-order valence-electron chi connectivity index (χ3n) is 2.51. The van der Waals surface area contributed by atoms with Crippen LogP contribution in [0.4, 0.5) is 0 Å². The minimum atomic E-state index is -0.158. The van der Waals surface area contributed by atoms with Gasteiger partial charge in [0.25, 0.3) is 0 Å². The summed E-state index contributed by atoms with van der Waals surface area (Å²) in [4.78, 5) is 0. The quantitative estimate of drug-likeness (QED) is 0.664. The summed E-state index contributed by atoms with van der Waals surface area (Å²) in [6.07, 6.45) is 3.45. The number of thioether (sulfide) groups is 1. The highest BCUT2D eigenvalue weighted by Crippen LogP contribution is 2.21. The maximum Gasteiger partial charge on any atom is 0.0524 e. The molecule has 0 aromatic heterocycles. The lowest BCUT2D eigenvalue weighted by Crippen LogP contribution is -2.27. The zero-order valence-corrected chi connectivity index (χ0v) is 9.28. The highest BCUT2D eigenvalue weighted by atomic mass is 32.2. The first-order chi connectivity index (χ1) is 6.29. The molecular weight excluding hydrogens is 182 g/mol. The Labute approximate surface area is 85.5 Å². The van der Waals surface area contributed by atoms with E-state index < -0.39 is 0 Å². The first-order valence-corrected chi connectivity index (χ1v) is 6.41. The van der Waals surface area contributed by atoms with Gasteiger partial charge in [-0.05, 0) is 56.7 Å². The third-order valence-corrected chi connectivity index (χ3v) is 3.56. The first kappa shape index (κ1) is 11.3. The zero-order valence-electron chi connectivity index (χ0n) is 8.46. The molecule has 2 nitrogen and oxygen atoms in total. The van der Waals surface area contributed by atoms with Gasteiger partial charge in [-0.15, -0.1) is 0 Å². The molecule has 1 aliphatic rings. The molecule has 3 heteroatoms. The summed E-state index contributed by atoms with van der Waals surface area (Å²) in [6, 6.07) is 0. The van der Waals surface area contributed by atoms with Crippen molar-refractivity contribution >= 4 is 11.8 Å². The molecule has 1 fully saturated rings. The molecule has 1 saturated heterocycles. The van der Waals surface area contributed by atoms with E-state index in [1.165, 1.54) is 24.3 Å². The van der Waals surface area contributed by atoms with Crippen LogP contribution in [0.1, 0.15) is 26.2 Å².